The van der Waals surface area contributed by atoms with Crippen LogP contribution in [-0.4, -0.2) is 101 Å². The van der Waals surface area contributed by atoms with Gasteiger partial charge < -0.3 is 28.8 Å². The van der Waals surface area contributed by atoms with Gasteiger partial charge in [-0.25, -0.2) is 0 Å². The number of nitrogens with zero attached hydrogens (tertiary/aromatic N) is 1. The molecule has 1 heterocycles. The minimum Gasteiger partial charge on any atom is -0.392 e. The van der Waals surface area contributed by atoms with Crippen LogP contribution in [0.4, 0.5) is 0 Å². The molecule has 1 saturated heterocycles. The van der Waals surface area contributed by atoms with E-state index in [0.717, 1.165) is 45.4 Å². The molecule has 1 spiro atoms. The molecule has 1 aliphatic heterocycles. The van der Waals surface area contributed by atoms with Crippen molar-refractivity contribution in [1.29, 1.82) is 0 Å². The number of ether oxygens (including phenoxy) is 5. The summed E-state index contributed by atoms with van der Waals surface area (Å²) in [5.74, 6) is 1.08. The molecule has 6 fully saturated rings. The molecule has 5 aliphatic carbocycles. The van der Waals surface area contributed by atoms with Crippen LogP contribution >= 0.6 is 0 Å². The van der Waals surface area contributed by atoms with Gasteiger partial charge in [-0.2, -0.15) is 0 Å². The molecule has 7 heteroatoms. The van der Waals surface area contributed by atoms with Crippen molar-refractivity contribution in [1.82, 2.24) is 4.90 Å². The Labute approximate surface area is 198 Å². The van der Waals surface area contributed by atoms with Crippen molar-refractivity contribution in [3.63, 3.8) is 0 Å². The van der Waals surface area contributed by atoms with Crippen LogP contribution in [-0.2, 0) is 23.7 Å². The van der Waals surface area contributed by atoms with E-state index < -0.39 is 11.7 Å². The van der Waals surface area contributed by atoms with Gasteiger partial charge in [-0.1, -0.05) is 6.92 Å². The Bertz CT molecular complexity index is 782. The van der Waals surface area contributed by atoms with Crippen LogP contribution in [0.25, 0.3) is 0 Å². The van der Waals surface area contributed by atoms with E-state index in [1.807, 2.05) is 28.4 Å². The zero-order valence-corrected chi connectivity index (χ0v) is 21.2. The summed E-state index contributed by atoms with van der Waals surface area (Å²) in [6, 6.07) is 0.315. The largest absolute Gasteiger partial charge is 0.392 e. The molecule has 1 N–H and O–H groups in total. The maximum Gasteiger partial charge on any atom is 0.0827 e. The molecule has 6 rings (SSSR count). The lowest BCUT2D eigenvalue weighted by atomic mass is 9.43. The van der Waals surface area contributed by atoms with E-state index in [2.05, 4.69) is 11.8 Å². The maximum absolute atomic E-state index is 11.8. The molecule has 0 amide bonds. The predicted molar refractivity (Wildman–Crippen MR) is 122 cm³/mol. The average Bonchev–Trinajstić information content (AvgIpc) is 3.21. The summed E-state index contributed by atoms with van der Waals surface area (Å²) >= 11 is 0. The maximum atomic E-state index is 11.8. The topological polar surface area (TPSA) is 69.6 Å². The molecule has 0 aromatic carbocycles. The SMILES string of the molecule is CCN1C[C@]2(COC)CC[C@H](OC)[C@@]34[C@@H]5C[C@H]6[C@H](O)[C@@H]5[C@](OC)(C[C@@H]6OC)[C@@H]([C@@H](OC)[C@H]23)[C@@H]14. The molecule has 6 aliphatic rings. The lowest BCUT2D eigenvalue weighted by Gasteiger charge is -2.69. The fourth-order valence-electron chi connectivity index (χ4n) is 11.3. The second kappa shape index (κ2) is 7.61. The Morgan fingerprint density at radius 1 is 1.03 bits per heavy atom. The highest BCUT2D eigenvalue weighted by molar-refractivity contribution is 5.36. The van der Waals surface area contributed by atoms with E-state index in [1.165, 1.54) is 0 Å². The van der Waals surface area contributed by atoms with Gasteiger partial charge in [0.1, 0.15) is 0 Å². The standard InChI is InChI=1S/C26H43NO6/c1-7-27-12-24(13-29-2)9-8-17(31-4)26-15-10-14-16(30-3)11-25(33-6,18(15)20(14)28)19(23(26)27)21(32-5)22(24)26/h14-23,28H,7-13H2,1-6H3/t14-,15-,16+,17+,18-,19+,20+,21-,22-,23-,24+,25-,26+/m1/s1. The molecule has 0 aromatic heterocycles. The van der Waals surface area contributed by atoms with E-state index >= 15 is 0 Å². The second-order valence-electron chi connectivity index (χ2n) is 11.9. The first kappa shape index (κ1) is 23.1. The normalized spacial score (nSPS) is 58.6. The monoisotopic (exact) mass is 465 g/mol. The third-order valence-corrected chi connectivity index (χ3v) is 11.7. The summed E-state index contributed by atoms with van der Waals surface area (Å²) in [5.41, 5.74) is -0.500. The first-order chi connectivity index (χ1) is 15.9. The van der Waals surface area contributed by atoms with Crippen molar-refractivity contribution in [2.75, 3.05) is 55.2 Å². The Morgan fingerprint density at radius 2 is 1.82 bits per heavy atom. The van der Waals surface area contributed by atoms with Crippen LogP contribution in [0.1, 0.15) is 32.6 Å². The van der Waals surface area contributed by atoms with Gasteiger partial charge in [0.05, 0.1) is 36.6 Å². The van der Waals surface area contributed by atoms with Crippen LogP contribution < -0.4 is 0 Å². The van der Waals surface area contributed by atoms with E-state index in [0.29, 0.717) is 17.9 Å². The number of fused-ring (bicyclic) bond motifs is 2. The fraction of sp³-hybridized carbons (Fsp3) is 1.00. The van der Waals surface area contributed by atoms with E-state index in [9.17, 15) is 5.11 Å². The molecular weight excluding hydrogens is 422 g/mol. The molecule has 33 heavy (non-hydrogen) atoms. The summed E-state index contributed by atoms with van der Waals surface area (Å²) in [7, 11) is 9.30. The molecule has 5 saturated carbocycles. The van der Waals surface area contributed by atoms with Crippen LogP contribution in [0, 0.1) is 40.4 Å². The fourth-order valence-corrected chi connectivity index (χ4v) is 11.3. The van der Waals surface area contributed by atoms with Crippen LogP contribution in [0.5, 0.6) is 0 Å². The Kier molecular flexibility index (Phi) is 5.34. The first-order valence-corrected chi connectivity index (χ1v) is 13.0. The van der Waals surface area contributed by atoms with Crippen LogP contribution in [0.15, 0.2) is 0 Å². The lowest BCUT2D eigenvalue weighted by Crippen LogP contribution is -2.76. The highest BCUT2D eigenvalue weighted by Gasteiger charge is 2.86. The number of rotatable bonds is 7. The quantitative estimate of drug-likeness (QED) is 0.615. The van der Waals surface area contributed by atoms with Gasteiger partial charge in [-0.3, -0.25) is 4.90 Å². The molecule has 0 unspecified atom stereocenters. The Hall–Kier alpha value is -0.280. The molecule has 7 bridgehead atoms. The summed E-state index contributed by atoms with van der Waals surface area (Å²) < 4.78 is 31.6. The molecule has 0 aromatic rings. The number of aliphatic hydroxyl groups excluding tert-OH is 1. The number of hydrogen-bond donors (Lipinski definition) is 1. The Balaban J connectivity index is 1.65. The van der Waals surface area contributed by atoms with Crippen molar-refractivity contribution < 1.29 is 28.8 Å². The number of hydrogen-bond acceptors (Lipinski definition) is 7. The van der Waals surface area contributed by atoms with Crippen LogP contribution in [0.2, 0.25) is 0 Å². The highest BCUT2D eigenvalue weighted by Crippen LogP contribution is 2.79. The predicted octanol–water partition coefficient (Wildman–Crippen LogP) is 1.81. The average molecular weight is 466 g/mol. The third kappa shape index (κ3) is 2.37. The second-order valence-corrected chi connectivity index (χ2v) is 11.9. The van der Waals surface area contributed by atoms with Crippen molar-refractivity contribution in [2.24, 2.45) is 40.4 Å². The van der Waals surface area contributed by atoms with E-state index in [1.54, 1.807) is 7.11 Å². The summed E-state index contributed by atoms with van der Waals surface area (Å²) in [5, 5.41) is 11.8. The smallest absolute Gasteiger partial charge is 0.0827 e. The number of piperidine rings is 1. The zero-order valence-electron chi connectivity index (χ0n) is 21.2. The van der Waals surface area contributed by atoms with Gasteiger partial charge in [0.15, 0.2) is 0 Å². The van der Waals surface area contributed by atoms with Gasteiger partial charge in [0.2, 0.25) is 0 Å². The van der Waals surface area contributed by atoms with Crippen molar-refractivity contribution >= 4 is 0 Å². The molecule has 188 valence electrons. The van der Waals surface area contributed by atoms with Gasteiger partial charge in [0.25, 0.3) is 0 Å². The minimum atomic E-state index is -0.458. The lowest BCUT2D eigenvalue weighted by molar-refractivity contribution is -0.281. The van der Waals surface area contributed by atoms with Crippen LogP contribution in [0.3, 0.4) is 0 Å². The van der Waals surface area contributed by atoms with E-state index in [4.69, 9.17) is 23.7 Å². The molecule has 0 radical (unpaired) electrons. The zero-order chi connectivity index (χ0) is 23.3. The highest BCUT2D eigenvalue weighted by atomic mass is 16.5. The summed E-state index contributed by atoms with van der Waals surface area (Å²) in [6.45, 7) is 5.07. The van der Waals surface area contributed by atoms with Gasteiger partial charge in [-0.05, 0) is 31.7 Å². The number of methoxy groups -OCH3 is 5. The Morgan fingerprint density at radius 3 is 2.42 bits per heavy atom. The van der Waals surface area contributed by atoms with Crippen molar-refractivity contribution in [3.8, 4) is 0 Å². The number of aliphatic hydroxyl groups is 1. The minimum absolute atomic E-state index is 0.0118. The van der Waals surface area contributed by atoms with Crippen molar-refractivity contribution in [3.05, 3.63) is 0 Å². The number of likely N-dealkylation sites (tertiary alicyclic amines) is 1. The third-order valence-electron chi connectivity index (χ3n) is 11.7. The first-order valence-electron chi connectivity index (χ1n) is 13.0. The molecule has 13 atom stereocenters. The van der Waals surface area contributed by atoms with Gasteiger partial charge in [0, 0.05) is 89.1 Å². The summed E-state index contributed by atoms with van der Waals surface area (Å²) in [6.07, 6.45) is 3.75. The van der Waals surface area contributed by atoms with Gasteiger partial charge in [-0.15, -0.1) is 0 Å². The van der Waals surface area contributed by atoms with Gasteiger partial charge >= 0.3 is 0 Å². The molecule has 7 nitrogen and oxygen atoms in total. The molecular formula is C26H43NO6. The van der Waals surface area contributed by atoms with Crippen molar-refractivity contribution in [2.45, 2.75) is 68.7 Å². The van der Waals surface area contributed by atoms with E-state index in [-0.39, 0.29) is 46.9 Å². The summed E-state index contributed by atoms with van der Waals surface area (Å²) in [4.78, 5) is 2.72.